The van der Waals surface area contributed by atoms with E-state index in [1.165, 1.54) is 6.07 Å². The first kappa shape index (κ1) is 14.8. The van der Waals surface area contributed by atoms with Crippen molar-refractivity contribution in [2.45, 2.75) is 13.0 Å². The second-order valence-electron chi connectivity index (χ2n) is 4.38. The standard InChI is InChI=1S/C15H12ClN3O2/c16-14-2-1-3-15(19(20)21)13(14)10-18-12-6-4-11(5-7-12)8-9-17/h1-7,18H,8,10H2. The van der Waals surface area contributed by atoms with Crippen molar-refractivity contribution in [3.8, 4) is 6.07 Å². The van der Waals surface area contributed by atoms with Crippen molar-refractivity contribution in [1.82, 2.24) is 0 Å². The highest BCUT2D eigenvalue weighted by Crippen LogP contribution is 2.27. The van der Waals surface area contributed by atoms with Gasteiger partial charge in [0.1, 0.15) is 0 Å². The highest BCUT2D eigenvalue weighted by Gasteiger charge is 2.15. The minimum Gasteiger partial charge on any atom is -0.381 e. The van der Waals surface area contributed by atoms with Crippen LogP contribution in [0.3, 0.4) is 0 Å². The molecule has 0 unspecified atom stereocenters. The molecule has 0 bridgehead atoms. The van der Waals surface area contributed by atoms with E-state index in [0.717, 1.165) is 11.3 Å². The van der Waals surface area contributed by atoms with Crippen molar-refractivity contribution >= 4 is 23.0 Å². The number of hydrogen-bond acceptors (Lipinski definition) is 4. The van der Waals surface area contributed by atoms with Gasteiger partial charge in [-0.1, -0.05) is 29.8 Å². The number of hydrogen-bond donors (Lipinski definition) is 1. The highest BCUT2D eigenvalue weighted by atomic mass is 35.5. The quantitative estimate of drug-likeness (QED) is 0.670. The second kappa shape index (κ2) is 6.73. The second-order valence-corrected chi connectivity index (χ2v) is 4.79. The van der Waals surface area contributed by atoms with Gasteiger partial charge in [0.05, 0.1) is 28.0 Å². The molecule has 0 aliphatic carbocycles. The first-order chi connectivity index (χ1) is 10.1. The molecule has 0 aliphatic heterocycles. The van der Waals surface area contributed by atoms with Crippen LogP contribution in [0.2, 0.25) is 5.02 Å². The fraction of sp³-hybridized carbons (Fsp3) is 0.133. The number of rotatable bonds is 5. The number of nitriles is 1. The molecule has 0 amide bonds. The zero-order valence-electron chi connectivity index (χ0n) is 11.0. The molecule has 106 valence electrons. The molecule has 2 rings (SSSR count). The number of anilines is 1. The lowest BCUT2D eigenvalue weighted by Crippen LogP contribution is -2.04. The van der Waals surface area contributed by atoms with Crippen molar-refractivity contribution in [2.75, 3.05) is 5.32 Å². The molecule has 0 spiro atoms. The SMILES string of the molecule is N#CCc1ccc(NCc2c(Cl)cccc2[N+](=O)[O-])cc1. The Balaban J connectivity index is 2.13. The van der Waals surface area contributed by atoms with Gasteiger partial charge >= 0.3 is 0 Å². The Morgan fingerprint density at radius 3 is 2.57 bits per heavy atom. The topological polar surface area (TPSA) is 79.0 Å². The third-order valence-electron chi connectivity index (χ3n) is 3.00. The van der Waals surface area contributed by atoms with Crippen LogP contribution >= 0.6 is 11.6 Å². The molecular formula is C15H12ClN3O2. The summed E-state index contributed by atoms with van der Waals surface area (Å²) < 4.78 is 0. The molecule has 0 fully saturated rings. The summed E-state index contributed by atoms with van der Waals surface area (Å²) in [6, 6.07) is 14.0. The van der Waals surface area contributed by atoms with Crippen LogP contribution in [-0.2, 0) is 13.0 Å². The number of nitrogens with one attached hydrogen (secondary N) is 1. The maximum atomic E-state index is 11.0. The normalized spacial score (nSPS) is 9.90. The first-order valence-corrected chi connectivity index (χ1v) is 6.61. The zero-order chi connectivity index (χ0) is 15.2. The van der Waals surface area contributed by atoms with Gasteiger partial charge < -0.3 is 5.32 Å². The van der Waals surface area contributed by atoms with Crippen LogP contribution in [0, 0.1) is 21.4 Å². The molecule has 0 saturated heterocycles. The summed E-state index contributed by atoms with van der Waals surface area (Å²) in [6.07, 6.45) is 0.357. The molecule has 0 atom stereocenters. The van der Waals surface area contributed by atoms with Crippen LogP contribution in [0.5, 0.6) is 0 Å². The van der Waals surface area contributed by atoms with Crippen molar-refractivity contribution in [1.29, 1.82) is 5.26 Å². The fourth-order valence-electron chi connectivity index (χ4n) is 1.92. The monoisotopic (exact) mass is 301 g/mol. The van der Waals surface area contributed by atoms with E-state index in [1.54, 1.807) is 12.1 Å². The predicted octanol–water partition coefficient (Wildman–Crippen LogP) is 3.93. The van der Waals surface area contributed by atoms with Crippen molar-refractivity contribution < 1.29 is 4.92 Å². The van der Waals surface area contributed by atoms with E-state index < -0.39 is 4.92 Å². The van der Waals surface area contributed by atoms with Gasteiger partial charge in [-0.15, -0.1) is 0 Å². The van der Waals surface area contributed by atoms with Crippen LogP contribution in [0.25, 0.3) is 0 Å². The van der Waals surface area contributed by atoms with Gasteiger partial charge in [0.25, 0.3) is 5.69 Å². The van der Waals surface area contributed by atoms with Gasteiger partial charge in [-0.2, -0.15) is 5.26 Å². The largest absolute Gasteiger partial charge is 0.381 e. The molecule has 1 N–H and O–H groups in total. The zero-order valence-corrected chi connectivity index (χ0v) is 11.8. The minimum atomic E-state index is -0.446. The van der Waals surface area contributed by atoms with E-state index in [2.05, 4.69) is 11.4 Å². The van der Waals surface area contributed by atoms with E-state index in [1.807, 2.05) is 24.3 Å². The lowest BCUT2D eigenvalue weighted by Gasteiger charge is -2.09. The van der Waals surface area contributed by atoms with Crippen LogP contribution in [0.4, 0.5) is 11.4 Å². The summed E-state index contributed by atoms with van der Waals surface area (Å²) in [5.41, 5.74) is 2.18. The molecule has 21 heavy (non-hydrogen) atoms. The van der Waals surface area contributed by atoms with Gasteiger partial charge in [-0.25, -0.2) is 0 Å². The molecule has 2 aromatic carbocycles. The van der Waals surface area contributed by atoms with Gasteiger partial charge in [-0.05, 0) is 23.8 Å². The van der Waals surface area contributed by atoms with Crippen LogP contribution in [0.1, 0.15) is 11.1 Å². The lowest BCUT2D eigenvalue weighted by molar-refractivity contribution is -0.385. The van der Waals surface area contributed by atoms with E-state index in [4.69, 9.17) is 16.9 Å². The average molecular weight is 302 g/mol. The summed E-state index contributed by atoms with van der Waals surface area (Å²) in [7, 11) is 0. The van der Waals surface area contributed by atoms with E-state index in [9.17, 15) is 10.1 Å². The summed E-state index contributed by atoms with van der Waals surface area (Å²) in [5.74, 6) is 0. The molecule has 0 aliphatic rings. The van der Waals surface area contributed by atoms with Gasteiger partial charge in [0.15, 0.2) is 0 Å². The van der Waals surface area contributed by atoms with Crippen LogP contribution < -0.4 is 5.32 Å². The van der Waals surface area contributed by atoms with Crippen LogP contribution in [-0.4, -0.2) is 4.92 Å². The Labute approximate surface area is 126 Å². The molecule has 0 heterocycles. The average Bonchev–Trinajstić information content (AvgIpc) is 2.47. The Morgan fingerprint density at radius 1 is 1.24 bits per heavy atom. The van der Waals surface area contributed by atoms with E-state index in [-0.39, 0.29) is 12.2 Å². The first-order valence-electron chi connectivity index (χ1n) is 6.23. The Hall–Kier alpha value is -2.58. The van der Waals surface area contributed by atoms with Gasteiger partial charge in [-0.3, -0.25) is 10.1 Å². The third kappa shape index (κ3) is 3.71. The molecule has 0 radical (unpaired) electrons. The van der Waals surface area contributed by atoms with Crippen molar-refractivity contribution in [2.24, 2.45) is 0 Å². The summed E-state index contributed by atoms with van der Waals surface area (Å²) in [4.78, 5) is 10.5. The predicted molar refractivity (Wildman–Crippen MR) is 81.2 cm³/mol. The summed E-state index contributed by atoms with van der Waals surface area (Å²) in [5, 5.41) is 23.1. The molecular weight excluding hydrogens is 290 g/mol. The molecule has 0 saturated carbocycles. The number of benzene rings is 2. The van der Waals surface area contributed by atoms with E-state index >= 15 is 0 Å². The maximum absolute atomic E-state index is 11.0. The van der Waals surface area contributed by atoms with E-state index in [0.29, 0.717) is 17.0 Å². The fourth-order valence-corrected chi connectivity index (χ4v) is 2.15. The molecule has 5 nitrogen and oxygen atoms in total. The van der Waals surface area contributed by atoms with Crippen molar-refractivity contribution in [3.63, 3.8) is 0 Å². The molecule has 0 aromatic heterocycles. The Kier molecular flexibility index (Phi) is 4.75. The van der Waals surface area contributed by atoms with Gasteiger partial charge in [0, 0.05) is 18.3 Å². The third-order valence-corrected chi connectivity index (χ3v) is 3.35. The Bertz CT molecular complexity index is 693. The van der Waals surface area contributed by atoms with Gasteiger partial charge in [0.2, 0.25) is 0 Å². The minimum absolute atomic E-state index is 0.00361. The highest BCUT2D eigenvalue weighted by molar-refractivity contribution is 6.31. The van der Waals surface area contributed by atoms with Crippen molar-refractivity contribution in [3.05, 3.63) is 68.7 Å². The molecule has 6 heteroatoms. The number of nitrogens with zero attached hydrogens (tertiary/aromatic N) is 2. The maximum Gasteiger partial charge on any atom is 0.275 e. The number of nitro benzene ring substituents is 1. The Morgan fingerprint density at radius 2 is 1.95 bits per heavy atom. The summed E-state index contributed by atoms with van der Waals surface area (Å²) >= 11 is 6.03. The number of nitro groups is 1. The van der Waals surface area contributed by atoms with Crippen LogP contribution in [0.15, 0.2) is 42.5 Å². The smallest absolute Gasteiger partial charge is 0.275 e. The summed E-state index contributed by atoms with van der Waals surface area (Å²) in [6.45, 7) is 0.258. The lowest BCUT2D eigenvalue weighted by atomic mass is 10.1. The number of halogens is 1. The molecule has 2 aromatic rings.